The standard InChI is InChI=1S/C13H10ClNO6/c1-7(10-4-5-11(21-10)13(16)17)20-12-6-8(14)2-3-9(12)15(18)19/h2-7H,1H3,(H,16,17). The average Bonchev–Trinajstić information content (AvgIpc) is 2.88. The SMILES string of the molecule is CC(Oc1cc(Cl)ccc1[N+](=O)[O-])c1ccc(C(=O)O)o1. The molecule has 0 amide bonds. The van der Waals surface area contributed by atoms with Gasteiger partial charge in [-0.15, -0.1) is 0 Å². The van der Waals surface area contributed by atoms with Crippen molar-refractivity contribution in [2.75, 3.05) is 0 Å². The summed E-state index contributed by atoms with van der Waals surface area (Å²) in [7, 11) is 0. The van der Waals surface area contributed by atoms with Crippen LogP contribution in [0.4, 0.5) is 5.69 Å². The van der Waals surface area contributed by atoms with Gasteiger partial charge in [0, 0.05) is 17.2 Å². The number of furan rings is 1. The highest BCUT2D eigenvalue weighted by Crippen LogP contribution is 2.33. The molecule has 0 saturated heterocycles. The molecule has 1 heterocycles. The van der Waals surface area contributed by atoms with Crippen LogP contribution in [-0.2, 0) is 0 Å². The van der Waals surface area contributed by atoms with E-state index < -0.39 is 17.0 Å². The van der Waals surface area contributed by atoms with Gasteiger partial charge in [-0.3, -0.25) is 10.1 Å². The number of hydrogen-bond donors (Lipinski definition) is 1. The van der Waals surface area contributed by atoms with Crippen LogP contribution in [0.25, 0.3) is 0 Å². The Hall–Kier alpha value is -2.54. The second-order valence-corrected chi connectivity index (χ2v) is 4.57. The van der Waals surface area contributed by atoms with Gasteiger partial charge in [-0.25, -0.2) is 4.79 Å². The van der Waals surface area contributed by atoms with Crippen molar-refractivity contribution in [2.45, 2.75) is 13.0 Å². The fourth-order valence-corrected chi connectivity index (χ4v) is 1.83. The second-order valence-electron chi connectivity index (χ2n) is 4.14. The number of carbonyl (C=O) groups is 1. The quantitative estimate of drug-likeness (QED) is 0.667. The number of carboxylic acids is 1. The molecule has 8 heteroatoms. The zero-order chi connectivity index (χ0) is 15.6. The van der Waals surface area contributed by atoms with Crippen LogP contribution >= 0.6 is 11.6 Å². The minimum Gasteiger partial charge on any atom is -0.476 e. The Bertz CT molecular complexity index is 696. The molecule has 1 aromatic heterocycles. The van der Waals surface area contributed by atoms with Crippen LogP contribution in [0.1, 0.15) is 29.3 Å². The van der Waals surface area contributed by atoms with E-state index in [9.17, 15) is 14.9 Å². The average molecular weight is 312 g/mol. The molecule has 0 spiro atoms. The topological polar surface area (TPSA) is 103 Å². The van der Waals surface area contributed by atoms with Crippen LogP contribution in [0.5, 0.6) is 5.75 Å². The first-order chi connectivity index (χ1) is 9.88. The number of aromatic carboxylic acids is 1. The van der Waals surface area contributed by atoms with Crippen molar-refractivity contribution in [3.8, 4) is 5.75 Å². The van der Waals surface area contributed by atoms with Crippen LogP contribution in [-0.4, -0.2) is 16.0 Å². The maximum atomic E-state index is 10.9. The smallest absolute Gasteiger partial charge is 0.371 e. The first kappa shape index (κ1) is 14.9. The third-order valence-corrected chi connectivity index (χ3v) is 2.90. The van der Waals surface area contributed by atoms with Crippen molar-refractivity contribution in [3.05, 3.63) is 57.0 Å². The number of benzene rings is 1. The summed E-state index contributed by atoms with van der Waals surface area (Å²) in [6, 6.07) is 6.65. The van der Waals surface area contributed by atoms with Crippen LogP contribution in [0, 0.1) is 10.1 Å². The van der Waals surface area contributed by atoms with E-state index in [-0.39, 0.29) is 28.0 Å². The maximum Gasteiger partial charge on any atom is 0.371 e. The van der Waals surface area contributed by atoms with Gasteiger partial charge in [0.05, 0.1) is 4.92 Å². The summed E-state index contributed by atoms with van der Waals surface area (Å²) in [5.41, 5.74) is -0.240. The minimum absolute atomic E-state index is 0.0201. The number of nitro groups is 1. The Labute approximate surface area is 123 Å². The number of nitro benzene ring substituents is 1. The van der Waals surface area contributed by atoms with E-state index >= 15 is 0 Å². The monoisotopic (exact) mass is 311 g/mol. The summed E-state index contributed by atoms with van der Waals surface area (Å²) in [5.74, 6) is -1.22. The Kier molecular flexibility index (Phi) is 4.13. The van der Waals surface area contributed by atoms with Gasteiger partial charge in [-0.1, -0.05) is 11.6 Å². The fourth-order valence-electron chi connectivity index (χ4n) is 1.67. The van der Waals surface area contributed by atoms with Crippen LogP contribution in [0.2, 0.25) is 5.02 Å². The van der Waals surface area contributed by atoms with E-state index in [1.165, 1.54) is 30.3 Å². The number of carboxylic acid groups (broad SMARTS) is 1. The summed E-state index contributed by atoms with van der Waals surface area (Å²) in [4.78, 5) is 21.1. The van der Waals surface area contributed by atoms with E-state index in [1.807, 2.05) is 0 Å². The lowest BCUT2D eigenvalue weighted by molar-refractivity contribution is -0.386. The van der Waals surface area contributed by atoms with Crippen LogP contribution in [0.15, 0.2) is 34.7 Å². The lowest BCUT2D eigenvalue weighted by Gasteiger charge is -2.12. The zero-order valence-electron chi connectivity index (χ0n) is 10.8. The first-order valence-electron chi connectivity index (χ1n) is 5.82. The molecule has 0 fully saturated rings. The number of ether oxygens (including phenoxy) is 1. The third kappa shape index (κ3) is 3.32. The van der Waals surface area contributed by atoms with Gasteiger partial charge < -0.3 is 14.3 Å². The molecule has 7 nitrogen and oxygen atoms in total. The number of rotatable bonds is 5. The molecule has 2 rings (SSSR count). The summed E-state index contributed by atoms with van der Waals surface area (Å²) < 4.78 is 10.5. The molecule has 1 unspecified atom stereocenters. The number of hydrogen-bond acceptors (Lipinski definition) is 5. The van der Waals surface area contributed by atoms with E-state index in [4.69, 9.17) is 25.9 Å². The van der Waals surface area contributed by atoms with Gasteiger partial charge in [-0.2, -0.15) is 0 Å². The molecule has 0 aliphatic carbocycles. The minimum atomic E-state index is -1.21. The molecule has 1 aromatic carbocycles. The van der Waals surface area contributed by atoms with Gasteiger partial charge in [0.15, 0.2) is 11.9 Å². The fraction of sp³-hybridized carbons (Fsp3) is 0.154. The molecule has 0 radical (unpaired) electrons. The Balaban J connectivity index is 2.26. The summed E-state index contributed by atoms with van der Waals surface area (Å²) in [5, 5.41) is 20.0. The van der Waals surface area contributed by atoms with Gasteiger partial charge in [0.25, 0.3) is 0 Å². The molecular formula is C13H10ClNO6. The summed E-state index contributed by atoms with van der Waals surface area (Å²) in [6.07, 6.45) is -0.713. The summed E-state index contributed by atoms with van der Waals surface area (Å²) >= 11 is 5.79. The molecule has 1 N–H and O–H groups in total. The molecule has 1 atom stereocenters. The predicted octanol–water partition coefficient (Wildman–Crippen LogP) is 3.68. The highest BCUT2D eigenvalue weighted by Gasteiger charge is 2.21. The number of nitrogens with zero attached hydrogens (tertiary/aromatic N) is 1. The van der Waals surface area contributed by atoms with Crippen LogP contribution in [0.3, 0.4) is 0 Å². The molecule has 2 aromatic rings. The van der Waals surface area contributed by atoms with Gasteiger partial charge >= 0.3 is 11.7 Å². The second kappa shape index (κ2) is 5.84. The lowest BCUT2D eigenvalue weighted by Crippen LogP contribution is -2.04. The van der Waals surface area contributed by atoms with E-state index in [0.29, 0.717) is 0 Å². The third-order valence-electron chi connectivity index (χ3n) is 2.66. The highest BCUT2D eigenvalue weighted by molar-refractivity contribution is 6.30. The van der Waals surface area contributed by atoms with Crippen molar-refractivity contribution in [2.24, 2.45) is 0 Å². The van der Waals surface area contributed by atoms with Crippen molar-refractivity contribution < 1.29 is 24.0 Å². The van der Waals surface area contributed by atoms with Crippen molar-refractivity contribution in [1.29, 1.82) is 0 Å². The lowest BCUT2D eigenvalue weighted by atomic mass is 10.2. The molecule has 0 aliphatic rings. The number of halogens is 1. The summed E-state index contributed by atoms with van der Waals surface area (Å²) in [6.45, 7) is 1.58. The maximum absolute atomic E-state index is 10.9. The van der Waals surface area contributed by atoms with Crippen molar-refractivity contribution in [3.63, 3.8) is 0 Å². The Morgan fingerprint density at radius 2 is 2.14 bits per heavy atom. The molecule has 110 valence electrons. The van der Waals surface area contributed by atoms with Gasteiger partial charge in [0.1, 0.15) is 5.76 Å². The van der Waals surface area contributed by atoms with Crippen LogP contribution < -0.4 is 4.74 Å². The normalized spacial score (nSPS) is 11.9. The highest BCUT2D eigenvalue weighted by atomic mass is 35.5. The Morgan fingerprint density at radius 1 is 1.43 bits per heavy atom. The predicted molar refractivity (Wildman–Crippen MR) is 72.8 cm³/mol. The Morgan fingerprint density at radius 3 is 2.71 bits per heavy atom. The van der Waals surface area contributed by atoms with E-state index in [0.717, 1.165) is 0 Å². The van der Waals surface area contributed by atoms with Crippen molar-refractivity contribution >= 4 is 23.3 Å². The first-order valence-corrected chi connectivity index (χ1v) is 6.20. The van der Waals surface area contributed by atoms with Gasteiger partial charge in [0.2, 0.25) is 5.76 Å². The van der Waals surface area contributed by atoms with Gasteiger partial charge in [-0.05, 0) is 25.1 Å². The van der Waals surface area contributed by atoms with E-state index in [1.54, 1.807) is 6.92 Å². The molecule has 0 aliphatic heterocycles. The van der Waals surface area contributed by atoms with Crippen molar-refractivity contribution in [1.82, 2.24) is 0 Å². The molecule has 0 saturated carbocycles. The largest absolute Gasteiger partial charge is 0.476 e. The van der Waals surface area contributed by atoms with E-state index in [2.05, 4.69) is 0 Å². The molecule has 0 bridgehead atoms. The molecule has 21 heavy (non-hydrogen) atoms. The molecular weight excluding hydrogens is 302 g/mol. The zero-order valence-corrected chi connectivity index (χ0v) is 11.5.